The minimum absolute atomic E-state index is 0. The molecule has 0 aliphatic carbocycles. The van der Waals surface area contributed by atoms with Crippen LogP contribution in [-0.2, 0) is 0 Å². The average molecular weight is 262 g/mol. The summed E-state index contributed by atoms with van der Waals surface area (Å²) in [6.07, 6.45) is 0. The third kappa shape index (κ3) is 2.63. The van der Waals surface area contributed by atoms with E-state index in [-0.39, 0.29) is 5.48 Å². The van der Waals surface area contributed by atoms with Crippen molar-refractivity contribution in [3.63, 3.8) is 0 Å². The molecule has 0 fully saturated rings. The lowest BCUT2D eigenvalue weighted by Gasteiger charge is -2.12. The van der Waals surface area contributed by atoms with Gasteiger partial charge in [-0.05, 0) is 34.7 Å². The zero-order valence-corrected chi connectivity index (χ0v) is 11.5. The Hall–Kier alpha value is -2.38. The average Bonchev–Trinajstić information content (AvgIpc) is 2.49. The minimum Gasteiger partial charge on any atom is -0.412 e. The van der Waals surface area contributed by atoms with E-state index in [0.717, 1.165) is 0 Å². The molecule has 0 bridgehead atoms. The summed E-state index contributed by atoms with van der Waals surface area (Å²) < 4.78 is 0. The fourth-order valence-electron chi connectivity index (χ4n) is 2.46. The van der Waals surface area contributed by atoms with E-state index in [1.54, 1.807) is 0 Å². The van der Waals surface area contributed by atoms with Crippen LogP contribution in [0.3, 0.4) is 0 Å². The maximum Gasteiger partial charge on any atom is -0.0103 e. The highest BCUT2D eigenvalue weighted by atomic mass is 16.0. The van der Waals surface area contributed by atoms with Crippen LogP contribution in [0.4, 0.5) is 0 Å². The van der Waals surface area contributed by atoms with E-state index in [1.807, 2.05) is 0 Å². The fourth-order valence-corrected chi connectivity index (χ4v) is 2.46. The van der Waals surface area contributed by atoms with Crippen molar-refractivity contribution in [3.05, 3.63) is 84.4 Å². The van der Waals surface area contributed by atoms with E-state index < -0.39 is 0 Å². The second-order valence-electron chi connectivity index (χ2n) is 4.73. The Kier molecular flexibility index (Phi) is 4.34. The van der Waals surface area contributed by atoms with E-state index in [2.05, 4.69) is 85.8 Å². The maximum absolute atomic E-state index is 2.20. The Labute approximate surface area is 119 Å². The van der Waals surface area contributed by atoms with Crippen molar-refractivity contribution in [2.45, 2.75) is 6.92 Å². The van der Waals surface area contributed by atoms with E-state index >= 15 is 0 Å². The second kappa shape index (κ2) is 6.18. The second-order valence-corrected chi connectivity index (χ2v) is 4.73. The summed E-state index contributed by atoms with van der Waals surface area (Å²) in [4.78, 5) is 0. The van der Waals surface area contributed by atoms with Crippen molar-refractivity contribution in [3.8, 4) is 22.3 Å². The molecule has 0 saturated heterocycles. The SMILES string of the molecule is Cc1ccccc1-c1ccccc1-c1ccccc1.O. The molecule has 2 N–H and O–H groups in total. The van der Waals surface area contributed by atoms with Gasteiger partial charge in [-0.15, -0.1) is 0 Å². The minimum atomic E-state index is 0. The molecule has 0 spiro atoms. The van der Waals surface area contributed by atoms with Crippen LogP contribution in [0.25, 0.3) is 22.3 Å². The van der Waals surface area contributed by atoms with Gasteiger partial charge in [0.1, 0.15) is 0 Å². The Morgan fingerprint density at radius 3 is 1.65 bits per heavy atom. The Morgan fingerprint density at radius 2 is 1.00 bits per heavy atom. The van der Waals surface area contributed by atoms with Crippen molar-refractivity contribution < 1.29 is 5.48 Å². The zero-order chi connectivity index (χ0) is 13.1. The van der Waals surface area contributed by atoms with Crippen LogP contribution in [0.15, 0.2) is 78.9 Å². The number of hydrogen-bond acceptors (Lipinski definition) is 0. The first-order valence-electron chi connectivity index (χ1n) is 6.57. The monoisotopic (exact) mass is 262 g/mol. The van der Waals surface area contributed by atoms with Gasteiger partial charge < -0.3 is 5.48 Å². The normalized spacial score (nSPS) is 9.85. The maximum atomic E-state index is 2.20. The van der Waals surface area contributed by atoms with Gasteiger partial charge in [0, 0.05) is 0 Å². The predicted octanol–water partition coefficient (Wildman–Crippen LogP) is 4.50. The van der Waals surface area contributed by atoms with Crippen molar-refractivity contribution in [1.82, 2.24) is 0 Å². The highest BCUT2D eigenvalue weighted by molar-refractivity contribution is 5.84. The first-order valence-corrected chi connectivity index (χ1v) is 6.57. The van der Waals surface area contributed by atoms with E-state index in [0.29, 0.717) is 0 Å². The summed E-state index contributed by atoms with van der Waals surface area (Å²) in [6, 6.07) is 27.7. The molecule has 0 aromatic heterocycles. The Bertz CT molecular complexity index is 687. The molecule has 100 valence electrons. The summed E-state index contributed by atoms with van der Waals surface area (Å²) in [5, 5.41) is 0. The lowest BCUT2D eigenvalue weighted by molar-refractivity contribution is 0.824. The van der Waals surface area contributed by atoms with E-state index in [4.69, 9.17) is 0 Å². The summed E-state index contributed by atoms with van der Waals surface area (Å²) in [5.41, 5.74) is 6.47. The highest BCUT2D eigenvalue weighted by Crippen LogP contribution is 2.33. The van der Waals surface area contributed by atoms with Gasteiger partial charge in [-0.3, -0.25) is 0 Å². The molecule has 0 radical (unpaired) electrons. The van der Waals surface area contributed by atoms with Crippen molar-refractivity contribution in [2.24, 2.45) is 0 Å². The van der Waals surface area contributed by atoms with Gasteiger partial charge in [-0.25, -0.2) is 0 Å². The van der Waals surface area contributed by atoms with Crippen LogP contribution in [0.1, 0.15) is 5.56 Å². The van der Waals surface area contributed by atoms with E-state index in [9.17, 15) is 0 Å². The van der Waals surface area contributed by atoms with Crippen molar-refractivity contribution >= 4 is 0 Å². The number of hydrogen-bond donors (Lipinski definition) is 0. The molecule has 0 atom stereocenters. The predicted molar refractivity (Wildman–Crippen MR) is 85.7 cm³/mol. The summed E-state index contributed by atoms with van der Waals surface area (Å²) in [6.45, 7) is 2.16. The Morgan fingerprint density at radius 1 is 0.500 bits per heavy atom. The first-order chi connectivity index (χ1) is 9.36. The molecule has 3 aromatic rings. The smallest absolute Gasteiger partial charge is 0.0103 e. The van der Waals surface area contributed by atoms with Gasteiger partial charge in [0.2, 0.25) is 0 Å². The van der Waals surface area contributed by atoms with Gasteiger partial charge >= 0.3 is 0 Å². The van der Waals surface area contributed by atoms with Crippen LogP contribution in [0.5, 0.6) is 0 Å². The van der Waals surface area contributed by atoms with Gasteiger partial charge in [0.25, 0.3) is 0 Å². The number of aryl methyl sites for hydroxylation is 1. The number of benzene rings is 3. The molecular weight excluding hydrogens is 244 g/mol. The molecule has 0 aliphatic rings. The number of rotatable bonds is 2. The van der Waals surface area contributed by atoms with Crippen LogP contribution < -0.4 is 0 Å². The van der Waals surface area contributed by atoms with Gasteiger partial charge in [0.05, 0.1) is 0 Å². The van der Waals surface area contributed by atoms with Crippen molar-refractivity contribution in [1.29, 1.82) is 0 Å². The zero-order valence-electron chi connectivity index (χ0n) is 11.5. The first kappa shape index (κ1) is 14.0. The molecule has 1 heteroatoms. The summed E-state index contributed by atoms with van der Waals surface area (Å²) >= 11 is 0. The van der Waals surface area contributed by atoms with Crippen LogP contribution in [0, 0.1) is 6.92 Å². The van der Waals surface area contributed by atoms with Gasteiger partial charge in [-0.2, -0.15) is 0 Å². The van der Waals surface area contributed by atoms with E-state index in [1.165, 1.54) is 27.8 Å². The van der Waals surface area contributed by atoms with Crippen LogP contribution in [-0.4, -0.2) is 5.48 Å². The quantitative estimate of drug-likeness (QED) is 0.651. The Balaban J connectivity index is 0.00000147. The molecule has 0 saturated carbocycles. The van der Waals surface area contributed by atoms with Gasteiger partial charge in [0.15, 0.2) is 0 Å². The largest absolute Gasteiger partial charge is 0.412 e. The van der Waals surface area contributed by atoms with Crippen molar-refractivity contribution in [2.75, 3.05) is 0 Å². The summed E-state index contributed by atoms with van der Waals surface area (Å²) in [7, 11) is 0. The molecule has 3 rings (SSSR count). The third-order valence-electron chi connectivity index (χ3n) is 3.45. The standard InChI is InChI=1S/C19H16.H2O/c1-15-9-5-6-12-17(15)19-14-8-7-13-18(19)16-10-3-2-4-11-16;/h2-14H,1H3;1H2. The molecule has 0 amide bonds. The molecular formula is C19H18O. The third-order valence-corrected chi connectivity index (χ3v) is 3.45. The summed E-state index contributed by atoms with van der Waals surface area (Å²) in [5.74, 6) is 0. The molecule has 1 nitrogen and oxygen atoms in total. The topological polar surface area (TPSA) is 31.5 Å². The lowest BCUT2D eigenvalue weighted by Crippen LogP contribution is -1.87. The van der Waals surface area contributed by atoms with Gasteiger partial charge in [-0.1, -0.05) is 78.9 Å². The molecule has 3 aromatic carbocycles. The molecule has 0 heterocycles. The molecule has 20 heavy (non-hydrogen) atoms. The highest BCUT2D eigenvalue weighted by Gasteiger charge is 2.07. The molecule has 0 unspecified atom stereocenters. The lowest BCUT2D eigenvalue weighted by atomic mass is 9.92. The fraction of sp³-hybridized carbons (Fsp3) is 0.0526. The molecule has 0 aliphatic heterocycles. The van der Waals surface area contributed by atoms with Crippen LogP contribution >= 0.6 is 0 Å². The van der Waals surface area contributed by atoms with Crippen LogP contribution in [0.2, 0.25) is 0 Å².